The molecule has 0 aliphatic rings. The number of amides is 1. The van der Waals surface area contributed by atoms with Gasteiger partial charge in [-0.1, -0.05) is 23.7 Å². The summed E-state index contributed by atoms with van der Waals surface area (Å²) in [6.07, 6.45) is 1.82. The first-order chi connectivity index (χ1) is 13.0. The molecule has 27 heavy (non-hydrogen) atoms. The number of hydrogen-bond acceptors (Lipinski definition) is 4. The van der Waals surface area contributed by atoms with Crippen molar-refractivity contribution in [2.45, 2.75) is 6.42 Å². The minimum Gasteiger partial charge on any atom is -0.350 e. The lowest BCUT2D eigenvalue weighted by atomic mass is 10.1. The fourth-order valence-corrected chi connectivity index (χ4v) is 2.51. The molecule has 1 heterocycles. The van der Waals surface area contributed by atoms with E-state index in [9.17, 15) is 13.6 Å². The van der Waals surface area contributed by atoms with E-state index in [0.717, 1.165) is 5.56 Å². The number of nitrogens with zero attached hydrogens (tertiary/aromatic N) is 2. The van der Waals surface area contributed by atoms with Crippen molar-refractivity contribution in [1.29, 1.82) is 0 Å². The Morgan fingerprint density at radius 2 is 1.81 bits per heavy atom. The molecule has 0 fully saturated rings. The Morgan fingerprint density at radius 1 is 1.04 bits per heavy atom. The molecule has 0 aliphatic carbocycles. The number of carbonyl (C=O) groups is 1. The van der Waals surface area contributed by atoms with Crippen LogP contribution in [0.4, 0.5) is 20.3 Å². The molecule has 0 atom stereocenters. The van der Waals surface area contributed by atoms with Crippen LogP contribution < -0.4 is 10.6 Å². The van der Waals surface area contributed by atoms with Crippen LogP contribution in [0.5, 0.6) is 0 Å². The number of carbonyl (C=O) groups excluding carboxylic acids is 1. The van der Waals surface area contributed by atoms with Gasteiger partial charge in [0.15, 0.2) is 0 Å². The van der Waals surface area contributed by atoms with Gasteiger partial charge < -0.3 is 10.6 Å². The zero-order chi connectivity index (χ0) is 19.2. The number of benzene rings is 2. The fourth-order valence-electron chi connectivity index (χ4n) is 2.33. The summed E-state index contributed by atoms with van der Waals surface area (Å²) in [5.74, 6) is -0.812. The molecule has 0 radical (unpaired) electrons. The maximum atomic E-state index is 13.2. The smallest absolute Gasteiger partial charge is 0.270 e. The van der Waals surface area contributed by atoms with Crippen molar-refractivity contribution < 1.29 is 13.6 Å². The summed E-state index contributed by atoms with van der Waals surface area (Å²) >= 11 is 5.75. The number of anilines is 2. The van der Waals surface area contributed by atoms with Gasteiger partial charge in [0.2, 0.25) is 0 Å². The monoisotopic (exact) mass is 388 g/mol. The highest BCUT2D eigenvalue weighted by molar-refractivity contribution is 6.31. The van der Waals surface area contributed by atoms with Gasteiger partial charge in [-0.25, -0.2) is 18.7 Å². The van der Waals surface area contributed by atoms with Gasteiger partial charge in [0.05, 0.1) is 5.02 Å². The summed E-state index contributed by atoms with van der Waals surface area (Å²) in [6.45, 7) is 0.380. The molecule has 0 saturated heterocycles. The molecule has 5 nitrogen and oxygen atoms in total. The summed E-state index contributed by atoms with van der Waals surface area (Å²) < 4.78 is 26.1. The van der Waals surface area contributed by atoms with Crippen LogP contribution in [0.1, 0.15) is 16.1 Å². The molecule has 0 saturated carbocycles. The lowest BCUT2D eigenvalue weighted by molar-refractivity contribution is 0.0949. The van der Waals surface area contributed by atoms with Crippen LogP contribution in [0.25, 0.3) is 0 Å². The zero-order valence-corrected chi connectivity index (χ0v) is 14.8. The number of hydrogen-bond donors (Lipinski definition) is 2. The summed E-state index contributed by atoms with van der Waals surface area (Å²) in [7, 11) is 0. The molecular formula is C19H15ClF2N4O. The van der Waals surface area contributed by atoms with Crippen molar-refractivity contribution >= 4 is 29.0 Å². The number of rotatable bonds is 6. The van der Waals surface area contributed by atoms with E-state index in [1.165, 1.54) is 42.7 Å². The molecule has 3 rings (SSSR count). The molecular weight excluding hydrogens is 374 g/mol. The van der Waals surface area contributed by atoms with Crippen LogP contribution >= 0.6 is 11.6 Å². The molecule has 0 aliphatic heterocycles. The molecule has 1 aromatic heterocycles. The zero-order valence-electron chi connectivity index (χ0n) is 14.0. The number of nitrogens with one attached hydrogen (secondary N) is 2. The highest BCUT2D eigenvalue weighted by Gasteiger charge is 2.09. The second kappa shape index (κ2) is 8.55. The molecule has 0 spiro atoms. The second-order valence-electron chi connectivity index (χ2n) is 5.67. The Labute approximate surface area is 159 Å². The summed E-state index contributed by atoms with van der Waals surface area (Å²) in [6, 6.07) is 11.7. The van der Waals surface area contributed by atoms with E-state index in [-0.39, 0.29) is 22.4 Å². The Hall–Kier alpha value is -3.06. The first-order valence-corrected chi connectivity index (χ1v) is 8.46. The Morgan fingerprint density at radius 3 is 2.56 bits per heavy atom. The van der Waals surface area contributed by atoms with E-state index in [2.05, 4.69) is 20.6 Å². The maximum Gasteiger partial charge on any atom is 0.270 e. The van der Waals surface area contributed by atoms with Gasteiger partial charge in [-0.3, -0.25) is 4.79 Å². The van der Waals surface area contributed by atoms with Crippen molar-refractivity contribution in [3.8, 4) is 0 Å². The molecule has 3 aromatic rings. The van der Waals surface area contributed by atoms with Gasteiger partial charge in [-0.15, -0.1) is 0 Å². The van der Waals surface area contributed by atoms with E-state index in [1.807, 2.05) is 0 Å². The Kier molecular flexibility index (Phi) is 5.93. The van der Waals surface area contributed by atoms with Crippen molar-refractivity contribution in [3.05, 3.63) is 82.8 Å². The average Bonchev–Trinajstić information content (AvgIpc) is 2.66. The summed E-state index contributed by atoms with van der Waals surface area (Å²) in [5, 5.41) is 5.66. The SMILES string of the molecule is O=C(NCCc1ccc(F)cc1)c1cc(Nc2ccc(F)c(Cl)c2)ncn1. The predicted octanol–water partition coefficient (Wildman–Crippen LogP) is 4.12. The van der Waals surface area contributed by atoms with Gasteiger partial charge in [0, 0.05) is 18.3 Å². The molecule has 138 valence electrons. The van der Waals surface area contributed by atoms with Gasteiger partial charge in [0.1, 0.15) is 29.5 Å². The first kappa shape index (κ1) is 18.7. The quantitative estimate of drug-likeness (QED) is 0.666. The minimum atomic E-state index is -0.522. The highest BCUT2D eigenvalue weighted by Crippen LogP contribution is 2.21. The van der Waals surface area contributed by atoms with Crippen LogP contribution in [-0.4, -0.2) is 22.4 Å². The summed E-state index contributed by atoms with van der Waals surface area (Å²) in [4.78, 5) is 20.2. The largest absolute Gasteiger partial charge is 0.350 e. The third kappa shape index (κ3) is 5.21. The standard InChI is InChI=1S/C19H15ClF2N4O/c20-15-9-14(5-6-16(15)22)26-18-10-17(24-11-25-18)19(27)23-8-7-12-1-3-13(21)4-2-12/h1-6,9-11H,7-8H2,(H,23,27)(H,24,25,26). The van der Waals surface area contributed by atoms with E-state index in [4.69, 9.17) is 11.6 Å². The normalized spacial score (nSPS) is 10.5. The Balaban J connectivity index is 1.59. The third-order valence-corrected chi connectivity index (χ3v) is 3.99. The first-order valence-electron chi connectivity index (χ1n) is 8.08. The average molecular weight is 389 g/mol. The fraction of sp³-hybridized carbons (Fsp3) is 0.105. The van der Waals surface area contributed by atoms with Crippen molar-refractivity contribution in [2.24, 2.45) is 0 Å². The molecule has 1 amide bonds. The van der Waals surface area contributed by atoms with Crippen LogP contribution in [0.15, 0.2) is 54.9 Å². The van der Waals surface area contributed by atoms with Gasteiger partial charge >= 0.3 is 0 Å². The molecule has 0 unspecified atom stereocenters. The van der Waals surface area contributed by atoms with Crippen LogP contribution in [-0.2, 0) is 6.42 Å². The lowest BCUT2D eigenvalue weighted by Gasteiger charge is -2.08. The van der Waals surface area contributed by atoms with Gasteiger partial charge in [-0.2, -0.15) is 0 Å². The number of aromatic nitrogens is 2. The van der Waals surface area contributed by atoms with Crippen LogP contribution in [0.3, 0.4) is 0 Å². The molecule has 2 N–H and O–H groups in total. The topological polar surface area (TPSA) is 66.9 Å². The van der Waals surface area contributed by atoms with Crippen molar-refractivity contribution in [1.82, 2.24) is 15.3 Å². The third-order valence-electron chi connectivity index (χ3n) is 3.70. The molecule has 2 aromatic carbocycles. The maximum absolute atomic E-state index is 13.2. The molecule has 8 heteroatoms. The van der Waals surface area contributed by atoms with E-state index < -0.39 is 5.82 Å². The van der Waals surface area contributed by atoms with Crippen LogP contribution in [0.2, 0.25) is 5.02 Å². The van der Waals surface area contributed by atoms with Gasteiger partial charge in [-0.05, 0) is 42.3 Å². The second-order valence-corrected chi connectivity index (χ2v) is 6.08. The van der Waals surface area contributed by atoms with Crippen LogP contribution in [0, 0.1) is 11.6 Å². The van der Waals surface area contributed by atoms with Gasteiger partial charge in [0.25, 0.3) is 5.91 Å². The highest BCUT2D eigenvalue weighted by atomic mass is 35.5. The molecule has 0 bridgehead atoms. The van der Waals surface area contributed by atoms with Crippen molar-refractivity contribution in [2.75, 3.05) is 11.9 Å². The van der Waals surface area contributed by atoms with E-state index >= 15 is 0 Å². The van der Waals surface area contributed by atoms with E-state index in [1.54, 1.807) is 12.1 Å². The Bertz CT molecular complexity index is 951. The summed E-state index contributed by atoms with van der Waals surface area (Å²) in [5.41, 5.74) is 1.62. The van der Waals surface area contributed by atoms with Crippen molar-refractivity contribution in [3.63, 3.8) is 0 Å². The number of halogens is 3. The predicted molar refractivity (Wildman–Crippen MR) is 99.2 cm³/mol. The lowest BCUT2D eigenvalue weighted by Crippen LogP contribution is -2.26. The minimum absolute atomic E-state index is 0.0205. The van der Waals surface area contributed by atoms with E-state index in [0.29, 0.717) is 24.5 Å².